The Kier molecular flexibility index (Phi) is 6.01. The van der Waals surface area contributed by atoms with Crippen molar-refractivity contribution in [2.75, 3.05) is 0 Å². The van der Waals surface area contributed by atoms with Crippen molar-refractivity contribution in [1.29, 1.82) is 0 Å². The van der Waals surface area contributed by atoms with Gasteiger partial charge in [-0.25, -0.2) is 13.1 Å². The Hall–Kier alpha value is -2.51. The summed E-state index contributed by atoms with van der Waals surface area (Å²) in [6.45, 7) is 4.33. The van der Waals surface area contributed by atoms with Gasteiger partial charge in [-0.15, -0.1) is 0 Å². The molecule has 0 atom stereocenters. The summed E-state index contributed by atoms with van der Waals surface area (Å²) < 4.78 is 30.3. The molecule has 0 aliphatic heterocycles. The minimum absolute atomic E-state index is 0.159. The molecule has 0 saturated heterocycles. The van der Waals surface area contributed by atoms with Gasteiger partial charge >= 0.3 is 0 Å². The van der Waals surface area contributed by atoms with E-state index in [0.717, 1.165) is 35.4 Å². The van der Waals surface area contributed by atoms with Crippen LogP contribution in [0.5, 0.6) is 0 Å². The highest BCUT2D eigenvalue weighted by molar-refractivity contribution is 7.89. The highest BCUT2D eigenvalue weighted by Gasteiger charge is 2.23. The van der Waals surface area contributed by atoms with Crippen molar-refractivity contribution >= 4 is 10.0 Å². The molecule has 3 aromatic rings. The van der Waals surface area contributed by atoms with Crippen LogP contribution < -0.4 is 4.72 Å². The highest BCUT2D eigenvalue weighted by atomic mass is 32.2. The quantitative estimate of drug-likeness (QED) is 0.598. The zero-order valence-electron chi connectivity index (χ0n) is 17.5. The van der Waals surface area contributed by atoms with Gasteiger partial charge in [0.25, 0.3) is 0 Å². The van der Waals surface area contributed by atoms with Crippen LogP contribution in [0.1, 0.15) is 62.7 Å². The first-order valence-electron chi connectivity index (χ1n) is 10.5. The third-order valence-electron chi connectivity index (χ3n) is 5.73. The van der Waals surface area contributed by atoms with Crippen molar-refractivity contribution in [1.82, 2.24) is 19.5 Å². The zero-order chi connectivity index (χ0) is 21.1. The second-order valence-electron chi connectivity index (χ2n) is 8.19. The number of pyridine rings is 1. The number of hydrogen-bond acceptors (Lipinski definition) is 4. The molecule has 2 heterocycles. The maximum Gasteiger partial charge on any atom is 0.240 e. The number of benzene rings is 1. The molecule has 30 heavy (non-hydrogen) atoms. The van der Waals surface area contributed by atoms with E-state index in [4.69, 9.17) is 5.10 Å². The first kappa shape index (κ1) is 20.8. The first-order chi connectivity index (χ1) is 14.4. The van der Waals surface area contributed by atoms with Crippen LogP contribution in [0.4, 0.5) is 0 Å². The standard InChI is InChI=1S/C23H28N4O2S/c1-17(2)18-7-9-22(10-8-18)30(28,29)25-16-20-15-23(19-11-13-24-14-12-19)27(26-20)21-5-3-4-6-21/h7-15,17,21,25H,3-6,16H2,1-2H3. The van der Waals surface area contributed by atoms with Crippen molar-refractivity contribution in [3.63, 3.8) is 0 Å². The van der Waals surface area contributed by atoms with E-state index in [9.17, 15) is 8.42 Å². The van der Waals surface area contributed by atoms with Crippen LogP contribution in [0, 0.1) is 0 Å². The van der Waals surface area contributed by atoms with Gasteiger partial charge < -0.3 is 0 Å². The zero-order valence-corrected chi connectivity index (χ0v) is 18.3. The van der Waals surface area contributed by atoms with E-state index in [0.29, 0.717) is 12.0 Å². The Morgan fingerprint density at radius 2 is 1.73 bits per heavy atom. The summed E-state index contributed by atoms with van der Waals surface area (Å²) in [4.78, 5) is 4.38. The third-order valence-corrected chi connectivity index (χ3v) is 7.15. The average molecular weight is 425 g/mol. The third kappa shape index (κ3) is 4.47. The summed E-state index contributed by atoms with van der Waals surface area (Å²) in [5.74, 6) is 0.362. The largest absolute Gasteiger partial charge is 0.265 e. The van der Waals surface area contributed by atoms with E-state index < -0.39 is 10.0 Å². The topological polar surface area (TPSA) is 76.9 Å². The van der Waals surface area contributed by atoms with Crippen LogP contribution in [0.2, 0.25) is 0 Å². The Morgan fingerprint density at radius 1 is 1.07 bits per heavy atom. The first-order valence-corrected chi connectivity index (χ1v) is 12.0. The fourth-order valence-electron chi connectivity index (χ4n) is 3.98. The van der Waals surface area contributed by atoms with Gasteiger partial charge in [0.1, 0.15) is 0 Å². The number of sulfonamides is 1. The number of nitrogens with zero attached hydrogens (tertiary/aromatic N) is 3. The molecule has 1 aromatic carbocycles. The lowest BCUT2D eigenvalue weighted by atomic mass is 10.0. The summed E-state index contributed by atoms with van der Waals surface area (Å²) in [7, 11) is -3.60. The van der Waals surface area contributed by atoms with Crippen molar-refractivity contribution in [2.24, 2.45) is 0 Å². The number of aromatic nitrogens is 3. The molecule has 4 rings (SSSR count). The van der Waals surface area contributed by atoms with E-state index >= 15 is 0 Å². The predicted octanol–water partition coefficient (Wildman–Crippen LogP) is 4.66. The molecule has 1 fully saturated rings. The molecule has 0 radical (unpaired) electrons. The summed E-state index contributed by atoms with van der Waals surface area (Å²) in [5, 5.41) is 4.77. The lowest BCUT2D eigenvalue weighted by Crippen LogP contribution is -2.23. The van der Waals surface area contributed by atoms with Crippen LogP contribution in [0.25, 0.3) is 11.3 Å². The molecule has 158 valence electrons. The van der Waals surface area contributed by atoms with Gasteiger partial charge in [-0.05, 0) is 54.7 Å². The van der Waals surface area contributed by atoms with Crippen molar-refractivity contribution in [3.8, 4) is 11.3 Å². The lowest BCUT2D eigenvalue weighted by molar-refractivity contribution is 0.467. The fourth-order valence-corrected chi connectivity index (χ4v) is 4.98. The molecule has 7 heteroatoms. The van der Waals surface area contributed by atoms with Crippen molar-refractivity contribution < 1.29 is 8.42 Å². The Labute approximate surface area is 178 Å². The summed E-state index contributed by atoms with van der Waals surface area (Å²) in [6, 6.07) is 13.3. The SMILES string of the molecule is CC(C)c1ccc(S(=O)(=O)NCc2cc(-c3ccncc3)n(C3CCCC3)n2)cc1. The van der Waals surface area contributed by atoms with Crippen LogP contribution in [-0.4, -0.2) is 23.2 Å². The Balaban J connectivity index is 1.55. The Bertz CT molecular complexity index is 1080. The molecule has 1 aliphatic rings. The van der Waals surface area contributed by atoms with Gasteiger partial charge in [-0.3, -0.25) is 9.67 Å². The predicted molar refractivity (Wildman–Crippen MR) is 118 cm³/mol. The van der Waals surface area contributed by atoms with Gasteiger partial charge in [0.15, 0.2) is 0 Å². The number of hydrogen-bond donors (Lipinski definition) is 1. The molecule has 6 nitrogen and oxygen atoms in total. The molecule has 1 aliphatic carbocycles. The van der Waals surface area contributed by atoms with Crippen LogP contribution in [0.3, 0.4) is 0 Å². The second-order valence-corrected chi connectivity index (χ2v) is 9.95. The van der Waals surface area contributed by atoms with Crippen molar-refractivity contribution in [2.45, 2.75) is 62.9 Å². The van der Waals surface area contributed by atoms with E-state index in [1.165, 1.54) is 12.8 Å². The summed E-state index contributed by atoms with van der Waals surface area (Å²) in [6.07, 6.45) is 8.15. The molecule has 1 saturated carbocycles. The molecule has 0 amide bonds. The minimum atomic E-state index is -3.60. The fraction of sp³-hybridized carbons (Fsp3) is 0.391. The molecular weight excluding hydrogens is 396 g/mol. The van der Waals surface area contributed by atoms with E-state index in [1.54, 1.807) is 24.5 Å². The average Bonchev–Trinajstić information content (AvgIpc) is 3.43. The van der Waals surface area contributed by atoms with Crippen LogP contribution in [0.15, 0.2) is 59.8 Å². The normalized spacial score (nSPS) is 15.2. The summed E-state index contributed by atoms with van der Waals surface area (Å²) in [5.41, 5.74) is 3.89. The van der Waals surface area contributed by atoms with Gasteiger partial charge in [-0.2, -0.15) is 5.10 Å². The van der Waals surface area contributed by atoms with Gasteiger partial charge in [0.05, 0.1) is 28.9 Å². The molecule has 0 unspecified atom stereocenters. The van der Waals surface area contributed by atoms with E-state index in [-0.39, 0.29) is 11.4 Å². The lowest BCUT2D eigenvalue weighted by Gasteiger charge is -2.14. The summed E-state index contributed by atoms with van der Waals surface area (Å²) >= 11 is 0. The molecule has 0 spiro atoms. The van der Waals surface area contributed by atoms with E-state index in [2.05, 4.69) is 28.2 Å². The van der Waals surface area contributed by atoms with Crippen molar-refractivity contribution in [3.05, 3.63) is 66.1 Å². The van der Waals surface area contributed by atoms with E-state index in [1.807, 2.05) is 30.3 Å². The van der Waals surface area contributed by atoms with Gasteiger partial charge in [0, 0.05) is 18.0 Å². The molecular formula is C23H28N4O2S. The monoisotopic (exact) mass is 424 g/mol. The maximum absolute atomic E-state index is 12.8. The molecule has 1 N–H and O–H groups in total. The van der Waals surface area contributed by atoms with Gasteiger partial charge in [0.2, 0.25) is 10.0 Å². The Morgan fingerprint density at radius 3 is 2.37 bits per heavy atom. The maximum atomic E-state index is 12.8. The smallest absolute Gasteiger partial charge is 0.240 e. The molecule has 2 aromatic heterocycles. The highest BCUT2D eigenvalue weighted by Crippen LogP contribution is 2.33. The minimum Gasteiger partial charge on any atom is -0.265 e. The van der Waals surface area contributed by atoms with Crippen LogP contribution in [-0.2, 0) is 16.6 Å². The van der Waals surface area contributed by atoms with Crippen LogP contribution >= 0.6 is 0 Å². The van der Waals surface area contributed by atoms with Gasteiger partial charge in [-0.1, -0.05) is 38.8 Å². The number of nitrogens with one attached hydrogen (secondary N) is 1. The second kappa shape index (κ2) is 8.70. The number of rotatable bonds is 7. The molecule has 0 bridgehead atoms.